The Labute approximate surface area is 155 Å². The number of carbonyl (C=O) groups is 1. The van der Waals surface area contributed by atoms with Crippen molar-refractivity contribution in [2.24, 2.45) is 0 Å². The number of amides is 1. The standard InChI is InChI=1S/C19H20F3N3O2/c20-19(21,22)15-6-4-14(5-7-15)17-12-25(9-10-27-17)13-18(26)24-11-16-3-1-2-8-23-16/h1-8,17H,9-13H2,(H,24,26). The Bertz CT molecular complexity index is 751. The van der Waals surface area contributed by atoms with Crippen LogP contribution in [0, 0.1) is 0 Å². The fourth-order valence-electron chi connectivity index (χ4n) is 2.89. The molecule has 1 atom stereocenters. The Hall–Kier alpha value is -2.45. The van der Waals surface area contributed by atoms with Crippen molar-refractivity contribution in [1.82, 2.24) is 15.2 Å². The predicted molar refractivity (Wildman–Crippen MR) is 92.7 cm³/mol. The van der Waals surface area contributed by atoms with Crippen molar-refractivity contribution in [3.8, 4) is 0 Å². The molecule has 144 valence electrons. The number of aromatic nitrogens is 1. The lowest BCUT2D eigenvalue weighted by Crippen LogP contribution is -2.44. The molecule has 2 aromatic rings. The van der Waals surface area contributed by atoms with Crippen LogP contribution in [-0.4, -0.2) is 42.0 Å². The number of morpholine rings is 1. The molecule has 1 saturated heterocycles. The molecule has 0 bridgehead atoms. The zero-order chi connectivity index (χ0) is 19.3. The molecule has 0 aliphatic carbocycles. The summed E-state index contributed by atoms with van der Waals surface area (Å²) in [7, 11) is 0. The third-order valence-corrected chi connectivity index (χ3v) is 4.32. The van der Waals surface area contributed by atoms with Crippen LogP contribution in [0.25, 0.3) is 0 Å². The van der Waals surface area contributed by atoms with E-state index in [1.54, 1.807) is 12.3 Å². The minimum absolute atomic E-state index is 0.131. The summed E-state index contributed by atoms with van der Waals surface area (Å²) in [4.78, 5) is 18.2. The molecule has 5 nitrogen and oxygen atoms in total. The van der Waals surface area contributed by atoms with Gasteiger partial charge in [-0.15, -0.1) is 0 Å². The van der Waals surface area contributed by atoms with Crippen LogP contribution in [-0.2, 0) is 22.3 Å². The lowest BCUT2D eigenvalue weighted by molar-refractivity contribution is -0.137. The number of ether oxygens (including phenoxy) is 1. The molecule has 2 heterocycles. The van der Waals surface area contributed by atoms with E-state index < -0.39 is 11.7 Å². The number of carbonyl (C=O) groups excluding carboxylic acids is 1. The fourth-order valence-corrected chi connectivity index (χ4v) is 2.89. The first-order valence-corrected chi connectivity index (χ1v) is 8.59. The van der Waals surface area contributed by atoms with Gasteiger partial charge in [-0.05, 0) is 29.8 Å². The van der Waals surface area contributed by atoms with Gasteiger partial charge in [-0.2, -0.15) is 13.2 Å². The maximum absolute atomic E-state index is 12.7. The summed E-state index contributed by atoms with van der Waals surface area (Å²) < 4.78 is 43.7. The van der Waals surface area contributed by atoms with E-state index in [9.17, 15) is 18.0 Å². The summed E-state index contributed by atoms with van der Waals surface area (Å²) in [5.41, 5.74) is 0.755. The number of benzene rings is 1. The maximum Gasteiger partial charge on any atom is 0.416 e. The highest BCUT2D eigenvalue weighted by molar-refractivity contribution is 5.77. The normalized spacial score (nSPS) is 18.3. The average molecular weight is 379 g/mol. The molecule has 1 N–H and O–H groups in total. The third-order valence-electron chi connectivity index (χ3n) is 4.32. The molecule has 1 aliphatic heterocycles. The highest BCUT2D eigenvalue weighted by Crippen LogP contribution is 2.31. The number of alkyl halides is 3. The number of hydrogen-bond acceptors (Lipinski definition) is 4. The van der Waals surface area contributed by atoms with Crippen molar-refractivity contribution in [2.45, 2.75) is 18.8 Å². The number of nitrogens with zero attached hydrogens (tertiary/aromatic N) is 2. The molecule has 8 heteroatoms. The van der Waals surface area contributed by atoms with Gasteiger partial charge >= 0.3 is 6.18 Å². The quantitative estimate of drug-likeness (QED) is 0.868. The Kier molecular flexibility index (Phi) is 6.08. The van der Waals surface area contributed by atoms with Gasteiger partial charge in [0.15, 0.2) is 0 Å². The Morgan fingerprint density at radius 2 is 2.00 bits per heavy atom. The monoisotopic (exact) mass is 379 g/mol. The molecular weight excluding hydrogens is 359 g/mol. The van der Waals surface area contributed by atoms with E-state index in [1.807, 2.05) is 17.0 Å². The van der Waals surface area contributed by atoms with Crippen LogP contribution in [0.1, 0.15) is 22.9 Å². The second-order valence-electron chi connectivity index (χ2n) is 6.31. The van der Waals surface area contributed by atoms with Gasteiger partial charge in [-0.3, -0.25) is 14.7 Å². The number of rotatable bonds is 5. The van der Waals surface area contributed by atoms with Gasteiger partial charge in [-0.25, -0.2) is 0 Å². The number of pyridine rings is 1. The number of halogens is 3. The van der Waals surface area contributed by atoms with E-state index in [2.05, 4.69) is 10.3 Å². The highest BCUT2D eigenvalue weighted by Gasteiger charge is 2.31. The Morgan fingerprint density at radius 1 is 1.22 bits per heavy atom. The van der Waals surface area contributed by atoms with Crippen molar-refractivity contribution >= 4 is 5.91 Å². The van der Waals surface area contributed by atoms with Gasteiger partial charge in [0.05, 0.1) is 37.1 Å². The van der Waals surface area contributed by atoms with Gasteiger partial charge in [0.1, 0.15) is 0 Å². The second kappa shape index (κ2) is 8.49. The first-order chi connectivity index (χ1) is 12.9. The van der Waals surface area contributed by atoms with Gasteiger partial charge in [0, 0.05) is 19.3 Å². The summed E-state index contributed by atoms with van der Waals surface area (Å²) in [6, 6.07) is 10.5. The van der Waals surface area contributed by atoms with E-state index in [0.717, 1.165) is 17.8 Å². The molecule has 27 heavy (non-hydrogen) atoms. The van der Waals surface area contributed by atoms with E-state index in [-0.39, 0.29) is 18.6 Å². The SMILES string of the molecule is O=C(CN1CCOC(c2ccc(C(F)(F)F)cc2)C1)NCc1ccccn1. The van der Waals surface area contributed by atoms with Gasteiger partial charge < -0.3 is 10.1 Å². The second-order valence-corrected chi connectivity index (χ2v) is 6.31. The van der Waals surface area contributed by atoms with Crippen LogP contribution < -0.4 is 5.32 Å². The first kappa shape index (κ1) is 19.3. The zero-order valence-corrected chi connectivity index (χ0v) is 14.6. The molecular formula is C19H20F3N3O2. The molecule has 1 aromatic heterocycles. The van der Waals surface area contributed by atoms with Crippen molar-refractivity contribution in [3.63, 3.8) is 0 Å². The predicted octanol–water partition coefficient (Wildman–Crippen LogP) is 2.79. The van der Waals surface area contributed by atoms with E-state index in [4.69, 9.17) is 4.74 Å². The lowest BCUT2D eigenvalue weighted by Gasteiger charge is -2.32. The van der Waals surface area contributed by atoms with E-state index in [1.165, 1.54) is 12.1 Å². The molecule has 3 rings (SSSR count). The summed E-state index contributed by atoms with van der Waals surface area (Å²) in [5, 5.41) is 2.82. The molecule has 1 unspecified atom stereocenters. The molecule has 1 amide bonds. The number of hydrogen-bond donors (Lipinski definition) is 1. The van der Waals surface area contributed by atoms with Crippen LogP contribution in [0.2, 0.25) is 0 Å². The van der Waals surface area contributed by atoms with Crippen molar-refractivity contribution in [2.75, 3.05) is 26.2 Å². The van der Waals surface area contributed by atoms with Crippen LogP contribution in [0.4, 0.5) is 13.2 Å². The Balaban J connectivity index is 1.52. The summed E-state index contributed by atoms with van der Waals surface area (Å²) >= 11 is 0. The number of nitrogens with one attached hydrogen (secondary N) is 1. The molecule has 0 spiro atoms. The fraction of sp³-hybridized carbons (Fsp3) is 0.368. The lowest BCUT2D eigenvalue weighted by atomic mass is 10.1. The zero-order valence-electron chi connectivity index (χ0n) is 14.6. The van der Waals surface area contributed by atoms with Crippen LogP contribution >= 0.6 is 0 Å². The van der Waals surface area contributed by atoms with E-state index >= 15 is 0 Å². The minimum Gasteiger partial charge on any atom is -0.371 e. The van der Waals surface area contributed by atoms with Gasteiger partial charge in [0.2, 0.25) is 5.91 Å². The minimum atomic E-state index is -4.36. The Morgan fingerprint density at radius 3 is 2.67 bits per heavy atom. The summed E-state index contributed by atoms with van der Waals surface area (Å²) in [6.45, 7) is 2.01. The maximum atomic E-state index is 12.7. The topological polar surface area (TPSA) is 54.5 Å². The third kappa shape index (κ3) is 5.51. The van der Waals surface area contributed by atoms with Gasteiger partial charge in [0.25, 0.3) is 0 Å². The van der Waals surface area contributed by atoms with Crippen LogP contribution in [0.3, 0.4) is 0 Å². The summed E-state index contributed by atoms with van der Waals surface area (Å²) in [6.07, 6.45) is -3.05. The van der Waals surface area contributed by atoms with Crippen molar-refractivity contribution in [3.05, 3.63) is 65.5 Å². The van der Waals surface area contributed by atoms with Gasteiger partial charge in [-0.1, -0.05) is 18.2 Å². The smallest absolute Gasteiger partial charge is 0.371 e. The largest absolute Gasteiger partial charge is 0.416 e. The van der Waals surface area contributed by atoms with Crippen LogP contribution in [0.15, 0.2) is 48.7 Å². The van der Waals surface area contributed by atoms with E-state index in [0.29, 0.717) is 31.8 Å². The molecule has 0 saturated carbocycles. The highest BCUT2D eigenvalue weighted by atomic mass is 19.4. The average Bonchev–Trinajstić information content (AvgIpc) is 2.67. The van der Waals surface area contributed by atoms with Crippen molar-refractivity contribution < 1.29 is 22.7 Å². The molecule has 1 aromatic carbocycles. The summed E-state index contributed by atoms with van der Waals surface area (Å²) in [5.74, 6) is -0.131. The molecule has 1 aliphatic rings. The van der Waals surface area contributed by atoms with Crippen molar-refractivity contribution in [1.29, 1.82) is 0 Å². The first-order valence-electron chi connectivity index (χ1n) is 8.59. The molecule has 0 radical (unpaired) electrons. The van der Waals surface area contributed by atoms with Crippen LogP contribution in [0.5, 0.6) is 0 Å². The molecule has 1 fully saturated rings.